The summed E-state index contributed by atoms with van der Waals surface area (Å²) in [4.78, 5) is 31.7. The number of aryl methyl sites for hydroxylation is 1. The summed E-state index contributed by atoms with van der Waals surface area (Å²) in [6.45, 7) is 5.13. The molecule has 2 aromatic carbocycles. The van der Waals surface area contributed by atoms with Crippen LogP contribution in [0.1, 0.15) is 31.4 Å². The highest BCUT2D eigenvalue weighted by Gasteiger charge is 2.31. The van der Waals surface area contributed by atoms with Crippen LogP contribution < -0.4 is 4.90 Å². The van der Waals surface area contributed by atoms with Crippen molar-refractivity contribution in [3.8, 4) is 0 Å². The van der Waals surface area contributed by atoms with Gasteiger partial charge in [0.05, 0.1) is 12.9 Å². The Morgan fingerprint density at radius 1 is 1.06 bits per heavy atom. The van der Waals surface area contributed by atoms with E-state index in [-0.39, 0.29) is 12.5 Å². The number of imidazole rings is 1. The third-order valence-corrected chi connectivity index (χ3v) is 5.16. The van der Waals surface area contributed by atoms with E-state index in [1.165, 1.54) is 0 Å². The van der Waals surface area contributed by atoms with Crippen molar-refractivity contribution in [1.29, 1.82) is 0 Å². The van der Waals surface area contributed by atoms with E-state index in [4.69, 9.17) is 4.74 Å². The number of anilines is 1. The Labute approximate surface area is 183 Å². The maximum absolute atomic E-state index is 13.3. The molecule has 6 nitrogen and oxygen atoms in total. The summed E-state index contributed by atoms with van der Waals surface area (Å²) in [5.74, 6) is -1.52. The van der Waals surface area contributed by atoms with Crippen LogP contribution in [0.3, 0.4) is 0 Å². The van der Waals surface area contributed by atoms with Gasteiger partial charge in [0, 0.05) is 31.2 Å². The van der Waals surface area contributed by atoms with Crippen LogP contribution in [0.5, 0.6) is 0 Å². The lowest BCUT2D eigenvalue weighted by atomic mass is 9.96. The third-order valence-electron chi connectivity index (χ3n) is 5.16. The minimum Gasteiger partial charge on any atom is -0.465 e. The number of aromatic nitrogens is 2. The zero-order valence-electron chi connectivity index (χ0n) is 18.1. The molecule has 0 bridgehead atoms. The molecule has 6 heteroatoms. The number of nitrogens with zero attached hydrogens (tertiary/aromatic N) is 3. The van der Waals surface area contributed by atoms with E-state index in [1.54, 1.807) is 24.3 Å². The summed E-state index contributed by atoms with van der Waals surface area (Å²) in [6, 6.07) is 17.6. The molecule has 0 aliphatic carbocycles. The maximum Gasteiger partial charge on any atom is 0.318 e. The van der Waals surface area contributed by atoms with E-state index in [0.29, 0.717) is 19.4 Å². The smallest absolute Gasteiger partial charge is 0.318 e. The lowest BCUT2D eigenvalue weighted by Crippen LogP contribution is -2.40. The first-order valence-electron chi connectivity index (χ1n) is 10.7. The molecule has 0 N–H and O–H groups in total. The molecule has 162 valence electrons. The molecule has 1 atom stereocenters. The first-order valence-corrected chi connectivity index (χ1v) is 10.7. The van der Waals surface area contributed by atoms with Crippen molar-refractivity contribution in [3.05, 3.63) is 84.4 Å². The van der Waals surface area contributed by atoms with E-state index in [2.05, 4.69) is 17.1 Å². The number of ether oxygens (including phenoxy) is 1. The van der Waals surface area contributed by atoms with Crippen molar-refractivity contribution < 1.29 is 14.3 Å². The second kappa shape index (κ2) is 11.1. The standard InChI is InChI=1S/C25H29N3O3/c1-3-28(22-11-6-5-7-12-22)24(29)23(25(30)31-4-2)14-13-20-9-8-10-21(17-20)18-27-16-15-26-19-27/h5-12,15-17,19,23H,3-4,13-14,18H2,1-2H3. The fourth-order valence-corrected chi connectivity index (χ4v) is 3.63. The molecular formula is C25H29N3O3. The highest BCUT2D eigenvalue weighted by Crippen LogP contribution is 2.21. The van der Waals surface area contributed by atoms with E-state index in [9.17, 15) is 9.59 Å². The second-order valence-electron chi connectivity index (χ2n) is 7.32. The Bertz CT molecular complexity index is 971. The van der Waals surface area contributed by atoms with Gasteiger partial charge in [-0.2, -0.15) is 0 Å². The minimum atomic E-state index is -0.836. The second-order valence-corrected chi connectivity index (χ2v) is 7.32. The molecule has 0 aliphatic heterocycles. The largest absolute Gasteiger partial charge is 0.465 e. The fourth-order valence-electron chi connectivity index (χ4n) is 3.63. The highest BCUT2D eigenvalue weighted by molar-refractivity contribution is 6.06. The van der Waals surface area contributed by atoms with E-state index >= 15 is 0 Å². The van der Waals surface area contributed by atoms with Gasteiger partial charge in [0.2, 0.25) is 5.91 Å². The van der Waals surface area contributed by atoms with Gasteiger partial charge >= 0.3 is 5.97 Å². The van der Waals surface area contributed by atoms with Gasteiger partial charge in [-0.25, -0.2) is 4.98 Å². The van der Waals surface area contributed by atoms with Crippen molar-refractivity contribution in [3.63, 3.8) is 0 Å². The Balaban J connectivity index is 1.74. The molecular weight excluding hydrogens is 390 g/mol. The van der Waals surface area contributed by atoms with Gasteiger partial charge in [-0.15, -0.1) is 0 Å². The fraction of sp³-hybridized carbons (Fsp3) is 0.320. The van der Waals surface area contributed by atoms with E-state index in [1.807, 2.05) is 60.2 Å². The molecule has 1 unspecified atom stereocenters. The quantitative estimate of drug-likeness (QED) is 0.367. The van der Waals surface area contributed by atoms with Crippen molar-refractivity contribution >= 4 is 17.6 Å². The summed E-state index contributed by atoms with van der Waals surface area (Å²) in [7, 11) is 0. The molecule has 31 heavy (non-hydrogen) atoms. The molecule has 1 aromatic heterocycles. The number of hydrogen-bond donors (Lipinski definition) is 0. The Kier molecular flexibility index (Phi) is 7.98. The zero-order valence-corrected chi connectivity index (χ0v) is 18.1. The summed E-state index contributed by atoms with van der Waals surface area (Å²) in [5.41, 5.74) is 3.02. The summed E-state index contributed by atoms with van der Waals surface area (Å²) < 4.78 is 7.24. The molecule has 0 radical (unpaired) electrons. The molecule has 0 saturated carbocycles. The first kappa shape index (κ1) is 22.3. The Morgan fingerprint density at radius 3 is 2.52 bits per heavy atom. The molecule has 0 fully saturated rings. The number of rotatable bonds is 10. The van der Waals surface area contributed by atoms with Gasteiger partial charge in [-0.1, -0.05) is 42.5 Å². The number of hydrogen-bond acceptors (Lipinski definition) is 4. The predicted octanol–water partition coefficient (Wildman–Crippen LogP) is 4.10. The number of esters is 1. The lowest BCUT2D eigenvalue weighted by Gasteiger charge is -2.25. The number of benzene rings is 2. The Morgan fingerprint density at radius 2 is 1.84 bits per heavy atom. The summed E-state index contributed by atoms with van der Waals surface area (Å²) in [5, 5.41) is 0. The van der Waals surface area contributed by atoms with Crippen LogP contribution in [0.4, 0.5) is 5.69 Å². The molecule has 1 heterocycles. The minimum absolute atomic E-state index is 0.221. The highest BCUT2D eigenvalue weighted by atomic mass is 16.5. The molecule has 0 aliphatic rings. The summed E-state index contributed by atoms with van der Waals surface area (Å²) in [6.07, 6.45) is 6.47. The molecule has 1 amide bonds. The van der Waals surface area contributed by atoms with Gasteiger partial charge in [-0.05, 0) is 49.9 Å². The Hall–Kier alpha value is -3.41. The first-order chi connectivity index (χ1) is 15.1. The monoisotopic (exact) mass is 419 g/mol. The molecule has 0 saturated heterocycles. The van der Waals surface area contributed by atoms with Crippen molar-refractivity contribution in [2.24, 2.45) is 5.92 Å². The average Bonchev–Trinajstić information content (AvgIpc) is 3.29. The van der Waals surface area contributed by atoms with Crippen LogP contribution in [-0.2, 0) is 27.3 Å². The van der Waals surface area contributed by atoms with Crippen LogP contribution in [0.15, 0.2) is 73.3 Å². The van der Waals surface area contributed by atoms with E-state index in [0.717, 1.165) is 23.4 Å². The number of para-hydroxylation sites is 1. The van der Waals surface area contributed by atoms with E-state index < -0.39 is 11.9 Å². The van der Waals surface area contributed by atoms with Gasteiger partial charge in [0.15, 0.2) is 0 Å². The molecule has 3 aromatic rings. The van der Waals surface area contributed by atoms with Crippen molar-refractivity contribution in [2.75, 3.05) is 18.1 Å². The van der Waals surface area contributed by atoms with Crippen LogP contribution in [-0.4, -0.2) is 34.6 Å². The predicted molar refractivity (Wildman–Crippen MR) is 121 cm³/mol. The third kappa shape index (κ3) is 6.04. The number of amides is 1. The van der Waals surface area contributed by atoms with Crippen molar-refractivity contribution in [1.82, 2.24) is 9.55 Å². The zero-order chi connectivity index (χ0) is 22.1. The van der Waals surface area contributed by atoms with Gasteiger partial charge in [-0.3, -0.25) is 9.59 Å². The van der Waals surface area contributed by atoms with Crippen LogP contribution in [0.2, 0.25) is 0 Å². The topological polar surface area (TPSA) is 64.4 Å². The van der Waals surface area contributed by atoms with Crippen LogP contribution in [0.25, 0.3) is 0 Å². The van der Waals surface area contributed by atoms with Crippen LogP contribution in [0, 0.1) is 5.92 Å². The maximum atomic E-state index is 13.3. The van der Waals surface area contributed by atoms with Gasteiger partial charge in [0.1, 0.15) is 5.92 Å². The summed E-state index contributed by atoms with van der Waals surface area (Å²) >= 11 is 0. The average molecular weight is 420 g/mol. The van der Waals surface area contributed by atoms with Gasteiger partial charge in [0.25, 0.3) is 0 Å². The number of carbonyl (C=O) groups excluding carboxylic acids is 2. The van der Waals surface area contributed by atoms with Crippen LogP contribution >= 0.6 is 0 Å². The molecule has 0 spiro atoms. The molecule has 3 rings (SSSR count). The van der Waals surface area contributed by atoms with Gasteiger partial charge < -0.3 is 14.2 Å². The van der Waals surface area contributed by atoms with Crippen molar-refractivity contribution in [2.45, 2.75) is 33.2 Å². The normalized spacial score (nSPS) is 11.7. The number of carbonyl (C=O) groups is 2. The SMILES string of the molecule is CCOC(=O)C(CCc1cccc(Cn2ccnc2)c1)C(=O)N(CC)c1ccccc1. The lowest BCUT2D eigenvalue weighted by molar-refractivity contribution is -0.151.